The molecular formula is C21H34N2O2. The van der Waals surface area contributed by atoms with Gasteiger partial charge in [0.2, 0.25) is 5.91 Å². The summed E-state index contributed by atoms with van der Waals surface area (Å²) in [6, 6.07) is 6.77. The molecule has 0 spiro atoms. The number of carbonyl (C=O) groups excluding carboxylic acids is 1. The van der Waals surface area contributed by atoms with E-state index in [0.29, 0.717) is 0 Å². The number of amides is 1. The molecule has 4 nitrogen and oxygen atoms in total. The fourth-order valence-corrected chi connectivity index (χ4v) is 2.71. The van der Waals surface area contributed by atoms with Crippen LogP contribution in [0.3, 0.4) is 0 Å². The summed E-state index contributed by atoms with van der Waals surface area (Å²) in [5, 5.41) is 12.1. The van der Waals surface area contributed by atoms with E-state index in [1.165, 1.54) is 57.4 Å². The van der Waals surface area contributed by atoms with Crippen molar-refractivity contribution in [3.63, 3.8) is 0 Å². The molecule has 0 saturated heterocycles. The summed E-state index contributed by atoms with van der Waals surface area (Å²) >= 11 is 0. The molecule has 1 rings (SSSR count). The molecule has 0 aliphatic heterocycles. The van der Waals surface area contributed by atoms with Crippen molar-refractivity contribution in [3.05, 3.63) is 35.9 Å². The van der Waals surface area contributed by atoms with E-state index in [1.54, 1.807) is 30.3 Å². The molecule has 1 aromatic carbocycles. The van der Waals surface area contributed by atoms with Gasteiger partial charge in [-0.3, -0.25) is 4.79 Å². The van der Waals surface area contributed by atoms with Crippen LogP contribution in [0.15, 0.2) is 30.3 Å². The Bertz CT molecular complexity index is 483. The third-order valence-corrected chi connectivity index (χ3v) is 4.25. The van der Waals surface area contributed by atoms with E-state index in [-0.39, 0.29) is 11.7 Å². The molecule has 0 fully saturated rings. The largest absolute Gasteiger partial charge is 0.508 e. The van der Waals surface area contributed by atoms with Crippen molar-refractivity contribution < 1.29 is 9.90 Å². The normalized spacial score (nSPS) is 11.1. The Morgan fingerprint density at radius 1 is 0.880 bits per heavy atom. The molecule has 0 radical (unpaired) electrons. The van der Waals surface area contributed by atoms with Crippen LogP contribution in [-0.4, -0.2) is 24.1 Å². The van der Waals surface area contributed by atoms with Gasteiger partial charge in [-0.1, -0.05) is 63.5 Å². The molecule has 0 unspecified atom stereocenters. The first-order chi connectivity index (χ1) is 12.2. The van der Waals surface area contributed by atoms with Gasteiger partial charge in [0, 0.05) is 12.6 Å². The Morgan fingerprint density at radius 3 is 1.96 bits per heavy atom. The summed E-state index contributed by atoms with van der Waals surface area (Å²) in [7, 11) is 0. The predicted octanol–water partition coefficient (Wildman–Crippen LogP) is 4.38. The van der Waals surface area contributed by atoms with Crippen LogP contribution in [0.25, 0.3) is 6.08 Å². The Labute approximate surface area is 152 Å². The van der Waals surface area contributed by atoms with E-state index in [9.17, 15) is 9.90 Å². The smallest absolute Gasteiger partial charge is 0.243 e. The molecule has 0 aliphatic carbocycles. The van der Waals surface area contributed by atoms with Gasteiger partial charge >= 0.3 is 0 Å². The van der Waals surface area contributed by atoms with Crippen molar-refractivity contribution in [1.29, 1.82) is 0 Å². The van der Waals surface area contributed by atoms with Crippen molar-refractivity contribution in [2.75, 3.05) is 13.1 Å². The zero-order chi connectivity index (χ0) is 18.2. The first-order valence-electron chi connectivity index (χ1n) is 9.67. The van der Waals surface area contributed by atoms with E-state index in [4.69, 9.17) is 5.73 Å². The van der Waals surface area contributed by atoms with Crippen LogP contribution in [0.2, 0.25) is 0 Å². The van der Waals surface area contributed by atoms with Crippen LogP contribution in [0.1, 0.15) is 69.8 Å². The minimum atomic E-state index is -0.0643. The van der Waals surface area contributed by atoms with Gasteiger partial charge in [0.05, 0.1) is 0 Å². The van der Waals surface area contributed by atoms with E-state index in [2.05, 4.69) is 5.32 Å². The summed E-state index contributed by atoms with van der Waals surface area (Å²) in [4.78, 5) is 11.7. The second-order valence-corrected chi connectivity index (χ2v) is 6.54. The van der Waals surface area contributed by atoms with Crippen molar-refractivity contribution in [2.45, 2.75) is 64.2 Å². The highest BCUT2D eigenvalue weighted by atomic mass is 16.3. The Balaban J connectivity index is 1.92. The van der Waals surface area contributed by atoms with Crippen molar-refractivity contribution >= 4 is 12.0 Å². The maximum atomic E-state index is 11.7. The maximum absolute atomic E-state index is 11.7. The van der Waals surface area contributed by atoms with Crippen LogP contribution in [0.4, 0.5) is 0 Å². The van der Waals surface area contributed by atoms with Gasteiger partial charge in [0.1, 0.15) is 5.75 Å². The monoisotopic (exact) mass is 346 g/mol. The first-order valence-corrected chi connectivity index (χ1v) is 9.67. The summed E-state index contributed by atoms with van der Waals surface area (Å²) in [5.41, 5.74) is 6.38. The lowest BCUT2D eigenvalue weighted by Gasteiger charge is -2.03. The molecule has 1 amide bonds. The van der Waals surface area contributed by atoms with Gasteiger partial charge in [0.25, 0.3) is 0 Å². The molecule has 140 valence electrons. The number of nitrogens with two attached hydrogens (primary N) is 1. The second kappa shape index (κ2) is 14.5. The maximum Gasteiger partial charge on any atom is 0.243 e. The zero-order valence-corrected chi connectivity index (χ0v) is 15.4. The van der Waals surface area contributed by atoms with E-state index >= 15 is 0 Å². The average molecular weight is 347 g/mol. The van der Waals surface area contributed by atoms with Crippen molar-refractivity contribution in [1.82, 2.24) is 5.32 Å². The Morgan fingerprint density at radius 2 is 1.40 bits per heavy atom. The average Bonchev–Trinajstić information content (AvgIpc) is 2.62. The minimum absolute atomic E-state index is 0.0643. The number of phenols is 1. The van der Waals surface area contributed by atoms with Gasteiger partial charge in [-0.25, -0.2) is 0 Å². The third-order valence-electron chi connectivity index (χ3n) is 4.25. The minimum Gasteiger partial charge on any atom is -0.508 e. The van der Waals surface area contributed by atoms with Gasteiger partial charge in [-0.15, -0.1) is 0 Å². The van der Waals surface area contributed by atoms with Gasteiger partial charge in [0.15, 0.2) is 0 Å². The molecule has 0 aromatic heterocycles. The summed E-state index contributed by atoms with van der Waals surface area (Å²) in [5.74, 6) is 0.166. The Hall–Kier alpha value is -1.81. The van der Waals surface area contributed by atoms with E-state index in [1.807, 2.05) is 0 Å². The number of aromatic hydroxyl groups is 1. The van der Waals surface area contributed by atoms with E-state index in [0.717, 1.165) is 31.5 Å². The number of phenolic OH excluding ortho intramolecular Hbond substituents is 1. The van der Waals surface area contributed by atoms with Gasteiger partial charge in [-0.2, -0.15) is 0 Å². The number of carbonyl (C=O) groups is 1. The third kappa shape index (κ3) is 12.2. The lowest BCUT2D eigenvalue weighted by molar-refractivity contribution is -0.116. The fourth-order valence-electron chi connectivity index (χ4n) is 2.71. The molecule has 1 aromatic rings. The molecule has 0 bridgehead atoms. The van der Waals surface area contributed by atoms with E-state index < -0.39 is 0 Å². The lowest BCUT2D eigenvalue weighted by atomic mass is 10.1. The van der Waals surface area contributed by atoms with Crippen molar-refractivity contribution in [2.24, 2.45) is 5.73 Å². The number of hydrogen-bond donors (Lipinski definition) is 3. The molecule has 0 heterocycles. The molecule has 4 N–H and O–H groups in total. The quantitative estimate of drug-likeness (QED) is 0.345. The second-order valence-electron chi connectivity index (χ2n) is 6.54. The molecule has 0 aliphatic rings. The van der Waals surface area contributed by atoms with Crippen LogP contribution < -0.4 is 11.1 Å². The number of rotatable bonds is 14. The standard InChI is InChI=1S/C21H34N2O2/c22-17-9-7-5-3-1-2-4-6-8-10-18-23-21(25)16-13-19-11-14-20(24)15-12-19/h11-16,24H,1-10,17-18,22H2,(H,23,25)/b16-13+. The zero-order valence-electron chi connectivity index (χ0n) is 15.4. The lowest BCUT2D eigenvalue weighted by Crippen LogP contribution is -2.21. The SMILES string of the molecule is NCCCCCCCCCCCCNC(=O)/C=C/c1ccc(O)cc1. The molecule has 0 saturated carbocycles. The van der Waals surface area contributed by atoms with Gasteiger partial charge in [-0.05, 0) is 43.2 Å². The predicted molar refractivity (Wildman–Crippen MR) is 105 cm³/mol. The number of hydrogen-bond acceptors (Lipinski definition) is 3. The molecule has 4 heteroatoms. The van der Waals surface area contributed by atoms with Crippen LogP contribution in [0.5, 0.6) is 5.75 Å². The summed E-state index contributed by atoms with van der Waals surface area (Å²) < 4.78 is 0. The molecule has 25 heavy (non-hydrogen) atoms. The summed E-state index contributed by atoms with van der Waals surface area (Å²) in [6.07, 6.45) is 15.8. The fraction of sp³-hybridized carbons (Fsp3) is 0.571. The topological polar surface area (TPSA) is 75.3 Å². The highest BCUT2D eigenvalue weighted by Crippen LogP contribution is 2.11. The van der Waals surface area contributed by atoms with Crippen LogP contribution >= 0.6 is 0 Å². The number of benzene rings is 1. The van der Waals surface area contributed by atoms with Crippen LogP contribution in [0, 0.1) is 0 Å². The number of nitrogens with one attached hydrogen (secondary N) is 1. The first kappa shape index (κ1) is 21.2. The van der Waals surface area contributed by atoms with Gasteiger partial charge < -0.3 is 16.2 Å². The number of unbranched alkanes of at least 4 members (excludes halogenated alkanes) is 9. The van der Waals surface area contributed by atoms with Crippen molar-refractivity contribution in [3.8, 4) is 5.75 Å². The summed E-state index contributed by atoms with van der Waals surface area (Å²) in [6.45, 7) is 1.56. The van der Waals surface area contributed by atoms with Crippen LogP contribution in [-0.2, 0) is 4.79 Å². The highest BCUT2D eigenvalue weighted by Gasteiger charge is 1.96. The molecular weight excluding hydrogens is 312 g/mol. The molecule has 0 atom stereocenters. The highest BCUT2D eigenvalue weighted by molar-refractivity contribution is 5.91. The Kier molecular flexibility index (Phi) is 12.3.